The van der Waals surface area contributed by atoms with Crippen molar-refractivity contribution < 1.29 is 9.18 Å². The summed E-state index contributed by atoms with van der Waals surface area (Å²) in [6.07, 6.45) is 5.28. The summed E-state index contributed by atoms with van der Waals surface area (Å²) in [5.41, 5.74) is 0.813. The van der Waals surface area contributed by atoms with Gasteiger partial charge in [-0.25, -0.2) is 4.39 Å². The van der Waals surface area contributed by atoms with Gasteiger partial charge in [-0.3, -0.25) is 4.79 Å². The summed E-state index contributed by atoms with van der Waals surface area (Å²) in [4.78, 5) is 11.7. The molecule has 1 atom stereocenters. The van der Waals surface area contributed by atoms with Crippen molar-refractivity contribution in [2.24, 2.45) is 0 Å². The summed E-state index contributed by atoms with van der Waals surface area (Å²) in [6.45, 7) is 1.86. The topological polar surface area (TPSA) is 41.1 Å². The van der Waals surface area contributed by atoms with Gasteiger partial charge in [0, 0.05) is 18.7 Å². The Balaban J connectivity index is 1.84. The molecule has 4 heteroatoms. The first kappa shape index (κ1) is 12.8. The Morgan fingerprint density at radius 2 is 2.17 bits per heavy atom. The minimum Gasteiger partial charge on any atom is -0.349 e. The van der Waals surface area contributed by atoms with Gasteiger partial charge in [-0.1, -0.05) is 12.1 Å². The van der Waals surface area contributed by atoms with E-state index in [2.05, 4.69) is 10.6 Å². The highest BCUT2D eigenvalue weighted by Gasteiger charge is 2.13. The molecule has 0 aliphatic carbocycles. The number of halogens is 1. The van der Waals surface area contributed by atoms with Crippen LogP contribution in [0, 0.1) is 5.82 Å². The summed E-state index contributed by atoms with van der Waals surface area (Å²) in [7, 11) is 0. The number of rotatable bonds is 3. The molecule has 1 aliphatic rings. The molecule has 96 valence electrons. The van der Waals surface area contributed by atoms with Gasteiger partial charge in [0.15, 0.2) is 0 Å². The van der Waals surface area contributed by atoms with E-state index in [9.17, 15) is 9.18 Å². The van der Waals surface area contributed by atoms with E-state index in [0.29, 0.717) is 0 Å². The van der Waals surface area contributed by atoms with Crippen LogP contribution in [-0.4, -0.2) is 25.0 Å². The van der Waals surface area contributed by atoms with Gasteiger partial charge in [-0.05, 0) is 43.2 Å². The highest BCUT2D eigenvalue weighted by atomic mass is 19.1. The van der Waals surface area contributed by atoms with Crippen LogP contribution in [0.25, 0.3) is 6.08 Å². The Kier molecular flexibility index (Phi) is 4.47. The third kappa shape index (κ3) is 3.96. The molecule has 1 saturated heterocycles. The second-order valence-corrected chi connectivity index (χ2v) is 4.44. The monoisotopic (exact) mass is 248 g/mol. The molecule has 18 heavy (non-hydrogen) atoms. The fraction of sp³-hybridized carbons (Fsp3) is 0.357. The Labute approximate surface area is 106 Å². The van der Waals surface area contributed by atoms with Gasteiger partial charge in [-0.2, -0.15) is 0 Å². The SMILES string of the molecule is O=C(/C=C/c1ccc(F)cc1)N[C@@H]1CCCNC1. The minimum atomic E-state index is -0.273. The van der Waals surface area contributed by atoms with Crippen molar-refractivity contribution >= 4 is 12.0 Å². The largest absolute Gasteiger partial charge is 0.349 e. The lowest BCUT2D eigenvalue weighted by molar-refractivity contribution is -0.117. The summed E-state index contributed by atoms with van der Waals surface area (Å²) >= 11 is 0. The molecule has 1 aromatic rings. The van der Waals surface area contributed by atoms with Gasteiger partial charge >= 0.3 is 0 Å². The van der Waals surface area contributed by atoms with Gasteiger partial charge < -0.3 is 10.6 Å². The number of amides is 1. The Morgan fingerprint density at radius 3 is 2.83 bits per heavy atom. The second kappa shape index (κ2) is 6.31. The van der Waals surface area contributed by atoms with Crippen molar-refractivity contribution in [2.75, 3.05) is 13.1 Å². The predicted octanol–water partition coefficient (Wildman–Crippen LogP) is 1.71. The normalized spacial score (nSPS) is 19.9. The summed E-state index contributed by atoms with van der Waals surface area (Å²) in [6, 6.07) is 6.25. The lowest BCUT2D eigenvalue weighted by Gasteiger charge is -2.23. The van der Waals surface area contributed by atoms with E-state index >= 15 is 0 Å². The predicted molar refractivity (Wildman–Crippen MR) is 69.5 cm³/mol. The molecule has 3 nitrogen and oxygen atoms in total. The van der Waals surface area contributed by atoms with E-state index in [-0.39, 0.29) is 17.8 Å². The third-order valence-corrected chi connectivity index (χ3v) is 2.94. The smallest absolute Gasteiger partial charge is 0.244 e. The molecule has 1 aliphatic heterocycles. The maximum absolute atomic E-state index is 12.7. The first-order valence-corrected chi connectivity index (χ1v) is 6.19. The number of hydrogen-bond donors (Lipinski definition) is 2. The fourth-order valence-electron chi connectivity index (χ4n) is 1.97. The zero-order valence-electron chi connectivity index (χ0n) is 10.2. The number of nitrogens with one attached hydrogen (secondary N) is 2. The van der Waals surface area contributed by atoms with Crippen LogP contribution in [0.2, 0.25) is 0 Å². The highest BCUT2D eigenvalue weighted by molar-refractivity contribution is 5.91. The van der Waals surface area contributed by atoms with Crippen molar-refractivity contribution in [3.05, 3.63) is 41.7 Å². The quantitative estimate of drug-likeness (QED) is 0.799. The molecule has 0 aromatic heterocycles. The second-order valence-electron chi connectivity index (χ2n) is 4.44. The number of hydrogen-bond acceptors (Lipinski definition) is 2. The van der Waals surface area contributed by atoms with E-state index in [1.807, 2.05) is 0 Å². The molecular weight excluding hydrogens is 231 g/mol. The fourth-order valence-corrected chi connectivity index (χ4v) is 1.97. The molecule has 1 fully saturated rings. The lowest BCUT2D eigenvalue weighted by Crippen LogP contribution is -2.45. The highest BCUT2D eigenvalue weighted by Crippen LogP contribution is 2.05. The molecule has 1 heterocycles. The van der Waals surface area contributed by atoms with Crippen molar-refractivity contribution in [1.29, 1.82) is 0 Å². The molecule has 0 radical (unpaired) electrons. The minimum absolute atomic E-state index is 0.104. The zero-order chi connectivity index (χ0) is 12.8. The molecule has 2 rings (SSSR count). The molecule has 1 aromatic carbocycles. The zero-order valence-corrected chi connectivity index (χ0v) is 10.2. The van der Waals surface area contributed by atoms with Gasteiger partial charge in [0.05, 0.1) is 0 Å². The summed E-state index contributed by atoms with van der Waals surface area (Å²) in [5, 5.41) is 6.18. The van der Waals surface area contributed by atoms with E-state index in [1.54, 1.807) is 18.2 Å². The van der Waals surface area contributed by atoms with E-state index in [0.717, 1.165) is 31.5 Å². The van der Waals surface area contributed by atoms with Crippen LogP contribution in [0.3, 0.4) is 0 Å². The Hall–Kier alpha value is -1.68. The molecule has 0 bridgehead atoms. The number of benzene rings is 1. The lowest BCUT2D eigenvalue weighted by atomic mass is 10.1. The van der Waals surface area contributed by atoms with Crippen LogP contribution in [0.5, 0.6) is 0 Å². The van der Waals surface area contributed by atoms with E-state index in [4.69, 9.17) is 0 Å². The van der Waals surface area contributed by atoms with E-state index < -0.39 is 0 Å². The molecule has 1 amide bonds. The maximum Gasteiger partial charge on any atom is 0.244 e. The van der Waals surface area contributed by atoms with E-state index in [1.165, 1.54) is 18.2 Å². The molecule has 0 spiro atoms. The van der Waals surface area contributed by atoms with Crippen molar-refractivity contribution in [2.45, 2.75) is 18.9 Å². The molecular formula is C14H17FN2O. The van der Waals surface area contributed by atoms with Gasteiger partial charge in [0.25, 0.3) is 0 Å². The van der Waals surface area contributed by atoms with Crippen LogP contribution in [0.1, 0.15) is 18.4 Å². The first-order valence-electron chi connectivity index (χ1n) is 6.19. The molecule has 0 unspecified atom stereocenters. The van der Waals surface area contributed by atoms with Crippen molar-refractivity contribution in [1.82, 2.24) is 10.6 Å². The van der Waals surface area contributed by atoms with Crippen LogP contribution >= 0.6 is 0 Å². The summed E-state index contributed by atoms with van der Waals surface area (Å²) < 4.78 is 12.7. The van der Waals surface area contributed by atoms with Crippen LogP contribution in [-0.2, 0) is 4.79 Å². The van der Waals surface area contributed by atoms with Crippen LogP contribution in [0.15, 0.2) is 30.3 Å². The molecule has 0 saturated carbocycles. The Morgan fingerprint density at radius 1 is 1.39 bits per heavy atom. The van der Waals surface area contributed by atoms with Crippen LogP contribution < -0.4 is 10.6 Å². The van der Waals surface area contributed by atoms with Gasteiger partial charge in [0.2, 0.25) is 5.91 Å². The number of piperidine rings is 1. The Bertz CT molecular complexity index is 422. The average molecular weight is 248 g/mol. The molecule has 2 N–H and O–H groups in total. The maximum atomic E-state index is 12.7. The van der Waals surface area contributed by atoms with Crippen LogP contribution in [0.4, 0.5) is 4.39 Å². The number of carbonyl (C=O) groups is 1. The van der Waals surface area contributed by atoms with Crippen molar-refractivity contribution in [3.63, 3.8) is 0 Å². The summed E-state index contributed by atoms with van der Waals surface area (Å²) in [5.74, 6) is -0.377. The third-order valence-electron chi connectivity index (χ3n) is 2.94. The van der Waals surface area contributed by atoms with Crippen molar-refractivity contribution in [3.8, 4) is 0 Å². The number of carbonyl (C=O) groups excluding carboxylic acids is 1. The first-order chi connectivity index (χ1) is 8.74. The standard InChI is InChI=1S/C14H17FN2O/c15-12-6-3-11(4-7-12)5-8-14(18)17-13-2-1-9-16-10-13/h3-8,13,16H,1-2,9-10H2,(H,17,18)/b8-5+/t13-/m1/s1. The van der Waals surface area contributed by atoms with Gasteiger partial charge in [0.1, 0.15) is 5.82 Å². The van der Waals surface area contributed by atoms with Gasteiger partial charge in [-0.15, -0.1) is 0 Å². The average Bonchev–Trinajstić information content (AvgIpc) is 2.39.